The van der Waals surface area contributed by atoms with Gasteiger partial charge in [-0.3, -0.25) is 0 Å². The van der Waals surface area contributed by atoms with Gasteiger partial charge in [0.15, 0.2) is 0 Å². The van der Waals surface area contributed by atoms with Crippen molar-refractivity contribution in [2.45, 2.75) is 6.10 Å². The molecule has 0 radical (unpaired) electrons. The number of hydrogen-bond donors (Lipinski definition) is 3. The van der Waals surface area contributed by atoms with Gasteiger partial charge in [0.25, 0.3) is 0 Å². The molecule has 0 aromatic heterocycles. The Labute approximate surface area is 92.3 Å². The summed E-state index contributed by atoms with van der Waals surface area (Å²) in [5.41, 5.74) is 0.684. The van der Waals surface area contributed by atoms with Crippen molar-refractivity contribution in [2.75, 3.05) is 18.5 Å². The Morgan fingerprint density at radius 1 is 1.36 bits per heavy atom. The summed E-state index contributed by atoms with van der Waals surface area (Å²) in [5, 5.41) is 21.6. The molecule has 3 nitrogen and oxygen atoms in total. The number of aliphatic hydroxyl groups excluding tert-OH is 2. The molecular weight excluding hydrogens is 225 g/mol. The fourth-order valence-electron chi connectivity index (χ4n) is 0.925. The van der Waals surface area contributed by atoms with E-state index in [1.165, 1.54) is 0 Å². The first-order chi connectivity index (χ1) is 6.63. The number of anilines is 1. The highest BCUT2D eigenvalue weighted by atomic mass is 35.5. The molecule has 0 spiro atoms. The highest BCUT2D eigenvalue weighted by molar-refractivity contribution is 6.36. The molecule has 0 saturated heterocycles. The van der Waals surface area contributed by atoms with Crippen LogP contribution in [0, 0.1) is 0 Å². The number of aliphatic hydroxyl groups is 2. The Bertz CT molecular complexity index is 307. The third kappa shape index (κ3) is 3.35. The first-order valence-corrected chi connectivity index (χ1v) is 4.87. The zero-order chi connectivity index (χ0) is 10.6. The lowest BCUT2D eigenvalue weighted by atomic mass is 10.3. The predicted molar refractivity (Wildman–Crippen MR) is 58.0 cm³/mol. The molecule has 5 heteroatoms. The Kier molecular flexibility index (Phi) is 4.48. The van der Waals surface area contributed by atoms with Gasteiger partial charge >= 0.3 is 0 Å². The third-order valence-electron chi connectivity index (χ3n) is 1.67. The molecule has 0 fully saturated rings. The molecule has 1 rings (SSSR count). The highest BCUT2D eigenvalue weighted by Gasteiger charge is 2.04. The van der Waals surface area contributed by atoms with Gasteiger partial charge in [0.1, 0.15) is 0 Å². The van der Waals surface area contributed by atoms with Crippen molar-refractivity contribution in [2.24, 2.45) is 0 Å². The Morgan fingerprint density at radius 2 is 2.07 bits per heavy atom. The lowest BCUT2D eigenvalue weighted by Crippen LogP contribution is -2.22. The van der Waals surface area contributed by atoms with Gasteiger partial charge in [-0.1, -0.05) is 23.2 Å². The molecule has 1 unspecified atom stereocenters. The van der Waals surface area contributed by atoms with Crippen LogP contribution in [0.5, 0.6) is 0 Å². The van der Waals surface area contributed by atoms with Crippen LogP contribution in [0.25, 0.3) is 0 Å². The molecule has 14 heavy (non-hydrogen) atoms. The first kappa shape index (κ1) is 11.6. The molecule has 0 bridgehead atoms. The number of nitrogens with one attached hydrogen (secondary N) is 1. The molecule has 0 amide bonds. The monoisotopic (exact) mass is 235 g/mol. The summed E-state index contributed by atoms with van der Waals surface area (Å²) in [6, 6.07) is 5.02. The minimum Gasteiger partial charge on any atom is -0.394 e. The topological polar surface area (TPSA) is 52.5 Å². The van der Waals surface area contributed by atoms with Crippen LogP contribution in [0.15, 0.2) is 18.2 Å². The Morgan fingerprint density at radius 3 is 2.64 bits per heavy atom. The van der Waals surface area contributed by atoms with Crippen LogP contribution in [-0.2, 0) is 0 Å². The van der Waals surface area contributed by atoms with Crippen LogP contribution in [0.2, 0.25) is 10.0 Å². The van der Waals surface area contributed by atoms with E-state index in [-0.39, 0.29) is 13.2 Å². The molecule has 0 aliphatic rings. The largest absolute Gasteiger partial charge is 0.394 e. The van der Waals surface area contributed by atoms with Crippen LogP contribution >= 0.6 is 23.2 Å². The van der Waals surface area contributed by atoms with Crippen molar-refractivity contribution in [3.63, 3.8) is 0 Å². The fourth-order valence-corrected chi connectivity index (χ4v) is 1.40. The van der Waals surface area contributed by atoms with Gasteiger partial charge < -0.3 is 15.5 Å². The molecule has 1 atom stereocenters. The van der Waals surface area contributed by atoms with Crippen molar-refractivity contribution >= 4 is 28.9 Å². The zero-order valence-corrected chi connectivity index (χ0v) is 8.89. The van der Waals surface area contributed by atoms with E-state index in [9.17, 15) is 0 Å². The van der Waals surface area contributed by atoms with Gasteiger partial charge in [0, 0.05) is 11.6 Å². The second kappa shape index (κ2) is 5.41. The van der Waals surface area contributed by atoms with Crippen LogP contribution in [0.4, 0.5) is 5.69 Å². The van der Waals surface area contributed by atoms with Crippen LogP contribution in [0.3, 0.4) is 0 Å². The molecule has 78 valence electrons. The van der Waals surface area contributed by atoms with Crippen LogP contribution in [0.1, 0.15) is 0 Å². The first-order valence-electron chi connectivity index (χ1n) is 4.11. The molecule has 1 aromatic carbocycles. The lowest BCUT2D eigenvalue weighted by molar-refractivity contribution is 0.105. The summed E-state index contributed by atoms with van der Waals surface area (Å²) >= 11 is 11.6. The fraction of sp³-hybridized carbons (Fsp3) is 0.333. The SMILES string of the molecule is OCC(O)CNc1ccc(Cl)cc1Cl. The van der Waals surface area contributed by atoms with Crippen LogP contribution < -0.4 is 5.32 Å². The molecular formula is C9H11Cl2NO2. The van der Waals surface area contributed by atoms with Gasteiger partial charge in [-0.25, -0.2) is 0 Å². The summed E-state index contributed by atoms with van der Waals surface area (Å²) in [4.78, 5) is 0. The number of rotatable bonds is 4. The number of benzene rings is 1. The summed E-state index contributed by atoms with van der Waals surface area (Å²) < 4.78 is 0. The summed E-state index contributed by atoms with van der Waals surface area (Å²) in [5.74, 6) is 0. The van der Waals surface area contributed by atoms with E-state index in [1.54, 1.807) is 18.2 Å². The third-order valence-corrected chi connectivity index (χ3v) is 2.22. The van der Waals surface area contributed by atoms with Gasteiger partial charge in [0.05, 0.1) is 23.4 Å². The summed E-state index contributed by atoms with van der Waals surface area (Å²) in [6.07, 6.45) is -0.790. The van der Waals surface area contributed by atoms with Gasteiger partial charge in [-0.15, -0.1) is 0 Å². The quantitative estimate of drug-likeness (QED) is 0.746. The van der Waals surface area contributed by atoms with E-state index in [0.717, 1.165) is 0 Å². The van der Waals surface area contributed by atoms with E-state index in [4.69, 9.17) is 33.4 Å². The zero-order valence-electron chi connectivity index (χ0n) is 7.37. The predicted octanol–water partition coefficient (Wildman–Crippen LogP) is 1.76. The average molecular weight is 236 g/mol. The lowest BCUT2D eigenvalue weighted by Gasteiger charge is -2.11. The summed E-state index contributed by atoms with van der Waals surface area (Å²) in [6.45, 7) is -0.0317. The maximum atomic E-state index is 9.08. The van der Waals surface area contributed by atoms with Crippen molar-refractivity contribution in [3.8, 4) is 0 Å². The summed E-state index contributed by atoms with van der Waals surface area (Å²) in [7, 11) is 0. The highest BCUT2D eigenvalue weighted by Crippen LogP contribution is 2.25. The number of hydrogen-bond acceptors (Lipinski definition) is 3. The van der Waals surface area contributed by atoms with Gasteiger partial charge in [0.2, 0.25) is 0 Å². The van der Waals surface area contributed by atoms with E-state index >= 15 is 0 Å². The van der Waals surface area contributed by atoms with Crippen molar-refractivity contribution in [1.82, 2.24) is 0 Å². The van der Waals surface area contributed by atoms with Crippen LogP contribution in [-0.4, -0.2) is 29.5 Å². The smallest absolute Gasteiger partial charge is 0.0942 e. The minimum absolute atomic E-state index is 0.248. The molecule has 0 saturated carbocycles. The normalized spacial score (nSPS) is 12.6. The second-order valence-electron chi connectivity index (χ2n) is 2.84. The molecule has 3 N–H and O–H groups in total. The second-order valence-corrected chi connectivity index (χ2v) is 3.69. The molecule has 0 aliphatic heterocycles. The Balaban J connectivity index is 2.59. The minimum atomic E-state index is -0.790. The van der Waals surface area contributed by atoms with Crippen molar-refractivity contribution in [3.05, 3.63) is 28.2 Å². The maximum Gasteiger partial charge on any atom is 0.0942 e. The molecule has 0 aliphatic carbocycles. The van der Waals surface area contributed by atoms with E-state index in [0.29, 0.717) is 15.7 Å². The van der Waals surface area contributed by atoms with Crippen molar-refractivity contribution in [1.29, 1.82) is 0 Å². The van der Waals surface area contributed by atoms with E-state index in [1.807, 2.05) is 0 Å². The standard InChI is InChI=1S/C9H11Cl2NO2/c10-6-1-2-9(8(11)3-6)12-4-7(14)5-13/h1-3,7,12-14H,4-5H2. The van der Waals surface area contributed by atoms with Gasteiger partial charge in [-0.2, -0.15) is 0 Å². The van der Waals surface area contributed by atoms with Crippen molar-refractivity contribution < 1.29 is 10.2 Å². The molecule has 0 heterocycles. The average Bonchev–Trinajstić information content (AvgIpc) is 2.16. The maximum absolute atomic E-state index is 9.08. The number of halogens is 2. The molecule has 1 aromatic rings. The van der Waals surface area contributed by atoms with Gasteiger partial charge in [-0.05, 0) is 18.2 Å². The van der Waals surface area contributed by atoms with E-state index in [2.05, 4.69) is 5.32 Å². The van der Waals surface area contributed by atoms with E-state index < -0.39 is 6.10 Å². The Hall–Kier alpha value is -0.480.